The van der Waals surface area contributed by atoms with Crippen molar-refractivity contribution in [2.75, 3.05) is 24.8 Å². The number of H-pyrrole nitrogens is 1. The van der Waals surface area contributed by atoms with E-state index in [1.54, 1.807) is 24.1 Å². The van der Waals surface area contributed by atoms with E-state index in [-0.39, 0.29) is 18.1 Å². The van der Waals surface area contributed by atoms with Crippen LogP contribution in [0.5, 0.6) is 0 Å². The van der Waals surface area contributed by atoms with E-state index in [0.717, 1.165) is 0 Å². The zero-order valence-electron chi connectivity index (χ0n) is 11.2. The van der Waals surface area contributed by atoms with Crippen molar-refractivity contribution < 1.29 is 4.74 Å². The van der Waals surface area contributed by atoms with Gasteiger partial charge in [0.15, 0.2) is 0 Å². The Morgan fingerprint density at radius 2 is 2.25 bits per heavy atom. The molecule has 0 saturated heterocycles. The van der Waals surface area contributed by atoms with Crippen molar-refractivity contribution >= 4 is 17.2 Å². The highest BCUT2D eigenvalue weighted by molar-refractivity contribution is 5.68. The molecule has 20 heavy (non-hydrogen) atoms. The second kappa shape index (κ2) is 5.61. The molecule has 0 aliphatic rings. The van der Waals surface area contributed by atoms with Gasteiger partial charge >= 0.3 is 5.69 Å². The summed E-state index contributed by atoms with van der Waals surface area (Å²) in [5.74, 6) is 0.0552. The molecule has 4 N–H and O–H groups in total. The number of aryl methyl sites for hydroxylation is 1. The molecule has 0 fully saturated rings. The third-order valence-corrected chi connectivity index (χ3v) is 2.73. The molecule has 0 amide bonds. The minimum atomic E-state index is -0.579. The van der Waals surface area contributed by atoms with Gasteiger partial charge in [0.25, 0.3) is 5.56 Å². The molecule has 0 saturated carbocycles. The molecule has 108 valence electrons. The molecule has 2 aromatic rings. The van der Waals surface area contributed by atoms with E-state index in [4.69, 9.17) is 10.5 Å². The van der Waals surface area contributed by atoms with E-state index in [1.807, 2.05) is 0 Å². The van der Waals surface area contributed by atoms with Gasteiger partial charge in [0.05, 0.1) is 25.0 Å². The van der Waals surface area contributed by atoms with E-state index in [9.17, 15) is 9.59 Å². The number of nitrogens with one attached hydrogen (secondary N) is 2. The maximum absolute atomic E-state index is 11.8. The number of ether oxygens (including phenoxy) is 1. The molecular weight excluding hydrogens is 264 g/mol. The number of nitrogen functional groups attached to an aromatic ring is 1. The lowest BCUT2D eigenvalue weighted by molar-refractivity contribution is 0.186. The molecule has 0 radical (unpaired) electrons. The van der Waals surface area contributed by atoms with Crippen molar-refractivity contribution in [1.29, 1.82) is 0 Å². The van der Waals surface area contributed by atoms with Gasteiger partial charge < -0.3 is 15.8 Å². The predicted molar refractivity (Wildman–Crippen MR) is 74.1 cm³/mol. The average molecular weight is 280 g/mol. The van der Waals surface area contributed by atoms with Crippen LogP contribution < -0.4 is 22.3 Å². The first kappa shape index (κ1) is 13.9. The summed E-state index contributed by atoms with van der Waals surface area (Å²) < 4.78 is 7.72. The summed E-state index contributed by atoms with van der Waals surface area (Å²) in [4.78, 5) is 25.7. The zero-order chi connectivity index (χ0) is 14.7. The summed E-state index contributed by atoms with van der Waals surface area (Å²) in [6.45, 7) is 0.558. The van der Waals surface area contributed by atoms with Gasteiger partial charge in [-0.05, 0) is 0 Å². The van der Waals surface area contributed by atoms with Gasteiger partial charge in [-0.1, -0.05) is 0 Å². The van der Waals surface area contributed by atoms with Crippen LogP contribution >= 0.6 is 0 Å². The zero-order valence-corrected chi connectivity index (χ0v) is 11.2. The van der Waals surface area contributed by atoms with E-state index in [1.165, 1.54) is 11.7 Å². The third kappa shape index (κ3) is 2.72. The Kier molecular flexibility index (Phi) is 3.89. The van der Waals surface area contributed by atoms with Crippen molar-refractivity contribution in [3.63, 3.8) is 0 Å². The SMILES string of the molecule is COCCn1c(N)c(Nc2cnn(C)c2)c(=O)[nH]c1=O. The van der Waals surface area contributed by atoms with Crippen molar-refractivity contribution in [2.45, 2.75) is 6.54 Å². The summed E-state index contributed by atoms with van der Waals surface area (Å²) in [6, 6.07) is 0. The first-order valence-electron chi connectivity index (χ1n) is 5.90. The standard InChI is InChI=1S/C11H16N6O3/c1-16-6-7(5-13-16)14-8-9(12)17(3-4-20-2)11(19)15-10(8)18/h5-6,14H,3-4,12H2,1-2H3,(H,15,18,19). The molecule has 2 heterocycles. The van der Waals surface area contributed by atoms with Gasteiger partial charge in [0.2, 0.25) is 0 Å². The Morgan fingerprint density at radius 1 is 1.50 bits per heavy atom. The maximum Gasteiger partial charge on any atom is 0.330 e. The molecule has 0 spiro atoms. The third-order valence-electron chi connectivity index (χ3n) is 2.73. The second-order valence-electron chi connectivity index (χ2n) is 4.19. The minimum Gasteiger partial charge on any atom is -0.383 e. The van der Waals surface area contributed by atoms with Gasteiger partial charge in [0, 0.05) is 20.4 Å². The smallest absolute Gasteiger partial charge is 0.330 e. The Balaban J connectivity index is 2.42. The Morgan fingerprint density at radius 3 is 2.85 bits per heavy atom. The van der Waals surface area contributed by atoms with Gasteiger partial charge in [-0.2, -0.15) is 5.10 Å². The molecule has 0 aliphatic heterocycles. The fourth-order valence-electron chi connectivity index (χ4n) is 1.74. The fourth-order valence-corrected chi connectivity index (χ4v) is 1.74. The second-order valence-corrected chi connectivity index (χ2v) is 4.19. The lowest BCUT2D eigenvalue weighted by Crippen LogP contribution is -2.34. The number of nitrogens with two attached hydrogens (primary N) is 1. The highest BCUT2D eigenvalue weighted by Gasteiger charge is 2.12. The summed E-state index contributed by atoms with van der Waals surface area (Å²) in [7, 11) is 3.26. The predicted octanol–water partition coefficient (Wildman–Crippen LogP) is -0.758. The van der Waals surface area contributed by atoms with Crippen LogP contribution in [-0.2, 0) is 18.3 Å². The van der Waals surface area contributed by atoms with Crippen molar-refractivity contribution in [2.24, 2.45) is 7.05 Å². The first-order chi connectivity index (χ1) is 9.52. The van der Waals surface area contributed by atoms with Gasteiger partial charge in [-0.25, -0.2) is 4.79 Å². The van der Waals surface area contributed by atoms with Crippen LogP contribution in [0.1, 0.15) is 0 Å². The van der Waals surface area contributed by atoms with Crippen LogP contribution in [-0.4, -0.2) is 33.0 Å². The Labute approximate surface area is 114 Å². The van der Waals surface area contributed by atoms with Crippen molar-refractivity contribution in [3.8, 4) is 0 Å². The average Bonchev–Trinajstić information content (AvgIpc) is 2.80. The number of hydrogen-bond donors (Lipinski definition) is 3. The summed E-state index contributed by atoms with van der Waals surface area (Å²) in [5.41, 5.74) is 5.44. The quantitative estimate of drug-likeness (QED) is 0.662. The van der Waals surface area contributed by atoms with Crippen LogP contribution in [0.4, 0.5) is 17.2 Å². The number of hydrogen-bond acceptors (Lipinski definition) is 6. The molecule has 0 aromatic carbocycles. The summed E-state index contributed by atoms with van der Waals surface area (Å²) in [6.07, 6.45) is 3.23. The van der Waals surface area contributed by atoms with E-state index >= 15 is 0 Å². The monoisotopic (exact) mass is 280 g/mol. The molecule has 0 atom stereocenters. The number of aromatic nitrogens is 4. The molecule has 2 aromatic heterocycles. The van der Waals surface area contributed by atoms with Crippen molar-refractivity contribution in [3.05, 3.63) is 33.2 Å². The molecule has 0 bridgehead atoms. The molecule has 0 unspecified atom stereocenters. The fraction of sp³-hybridized carbons (Fsp3) is 0.364. The summed E-state index contributed by atoms with van der Waals surface area (Å²) in [5, 5.41) is 6.83. The van der Waals surface area contributed by atoms with Crippen molar-refractivity contribution in [1.82, 2.24) is 19.3 Å². The van der Waals surface area contributed by atoms with Crippen LogP contribution in [0.2, 0.25) is 0 Å². The number of aromatic amines is 1. The van der Waals surface area contributed by atoms with Gasteiger partial charge in [-0.3, -0.25) is 19.0 Å². The molecular formula is C11H16N6O3. The van der Waals surface area contributed by atoms with Gasteiger partial charge in [0.1, 0.15) is 11.5 Å². The molecule has 9 nitrogen and oxygen atoms in total. The maximum atomic E-state index is 11.8. The summed E-state index contributed by atoms with van der Waals surface area (Å²) >= 11 is 0. The van der Waals surface area contributed by atoms with Crippen LogP contribution in [0.15, 0.2) is 22.0 Å². The molecule has 2 rings (SSSR count). The van der Waals surface area contributed by atoms with E-state index in [0.29, 0.717) is 12.3 Å². The van der Waals surface area contributed by atoms with Gasteiger partial charge in [-0.15, -0.1) is 0 Å². The van der Waals surface area contributed by atoms with E-state index < -0.39 is 11.2 Å². The topological polar surface area (TPSA) is 120 Å². The first-order valence-corrected chi connectivity index (χ1v) is 5.90. The number of methoxy groups -OCH3 is 1. The number of rotatable bonds is 5. The molecule has 0 aliphatic carbocycles. The highest BCUT2D eigenvalue weighted by atomic mass is 16.5. The largest absolute Gasteiger partial charge is 0.383 e. The number of nitrogens with zero attached hydrogens (tertiary/aromatic N) is 3. The lowest BCUT2D eigenvalue weighted by atomic mass is 10.4. The van der Waals surface area contributed by atoms with Crippen LogP contribution in [0, 0.1) is 0 Å². The minimum absolute atomic E-state index is 0.0552. The highest BCUT2D eigenvalue weighted by Crippen LogP contribution is 2.16. The number of anilines is 3. The normalized spacial score (nSPS) is 10.7. The molecule has 9 heteroatoms. The Hall–Kier alpha value is -2.55. The van der Waals surface area contributed by atoms with E-state index in [2.05, 4.69) is 15.4 Å². The van der Waals surface area contributed by atoms with Crippen LogP contribution in [0.3, 0.4) is 0 Å². The van der Waals surface area contributed by atoms with Crippen LogP contribution in [0.25, 0.3) is 0 Å². The Bertz CT molecular complexity index is 714. The lowest BCUT2D eigenvalue weighted by Gasteiger charge is -2.12.